The Morgan fingerprint density at radius 2 is 2.10 bits per heavy atom. The van der Waals surface area contributed by atoms with E-state index in [4.69, 9.17) is 0 Å². The molecule has 0 unspecified atom stereocenters. The first-order chi connectivity index (χ1) is 9.65. The minimum absolute atomic E-state index is 0.0235. The topological polar surface area (TPSA) is 74.8 Å². The normalized spacial score (nSPS) is 11.1. The molecular weight excluding hydrogens is 274 g/mol. The van der Waals surface area contributed by atoms with E-state index in [1.807, 2.05) is 24.3 Å². The maximum atomic E-state index is 11.5. The highest BCUT2D eigenvalue weighted by Crippen LogP contribution is 2.23. The molecule has 0 saturated carbocycles. The van der Waals surface area contributed by atoms with Crippen LogP contribution in [-0.2, 0) is 4.79 Å². The van der Waals surface area contributed by atoms with Crippen molar-refractivity contribution in [3.05, 3.63) is 24.3 Å². The quantitative estimate of drug-likeness (QED) is 0.742. The zero-order valence-electron chi connectivity index (χ0n) is 11.1. The molecule has 1 N–H and O–H groups in total. The molecule has 3 aromatic rings. The van der Waals surface area contributed by atoms with Crippen molar-refractivity contribution in [1.29, 1.82) is 0 Å². The predicted molar refractivity (Wildman–Crippen MR) is 78.6 cm³/mol. The molecule has 3 rings (SSSR count). The van der Waals surface area contributed by atoms with Crippen molar-refractivity contribution in [2.75, 3.05) is 19.8 Å². The number of thioether (sulfide) groups is 1. The third-order valence-electron chi connectivity index (χ3n) is 2.93. The van der Waals surface area contributed by atoms with E-state index in [9.17, 15) is 4.79 Å². The number of amides is 1. The molecule has 0 bridgehead atoms. The lowest BCUT2D eigenvalue weighted by Crippen LogP contribution is -2.23. The number of carbonyl (C=O) groups excluding carboxylic acids is 1. The lowest BCUT2D eigenvalue weighted by atomic mass is 10.2. The molecule has 2 heterocycles. The van der Waals surface area contributed by atoms with Gasteiger partial charge in [0.15, 0.2) is 5.65 Å². The molecule has 0 aliphatic rings. The lowest BCUT2D eigenvalue weighted by molar-refractivity contribution is -0.125. The van der Waals surface area contributed by atoms with Gasteiger partial charge in [-0.25, -0.2) is 4.98 Å². The van der Waals surface area contributed by atoms with Gasteiger partial charge in [0, 0.05) is 25.0 Å². The maximum absolute atomic E-state index is 11.5. The first kappa shape index (κ1) is 12.9. The van der Waals surface area contributed by atoms with Crippen LogP contribution in [-0.4, -0.2) is 50.8 Å². The number of fused-ring (bicyclic) bond motifs is 3. The van der Waals surface area contributed by atoms with Crippen LogP contribution in [0.2, 0.25) is 0 Å². The number of hydrogen-bond donors (Lipinski definition) is 1. The SMILES string of the molecule is CN(C)C(=O)CSc1nnc2c(n1)[nH]c1ccccc12. The maximum Gasteiger partial charge on any atom is 0.232 e. The summed E-state index contributed by atoms with van der Waals surface area (Å²) in [5.41, 5.74) is 2.43. The number of H-pyrrole nitrogens is 1. The van der Waals surface area contributed by atoms with E-state index in [0.717, 1.165) is 16.4 Å². The monoisotopic (exact) mass is 287 g/mol. The van der Waals surface area contributed by atoms with Gasteiger partial charge in [-0.3, -0.25) is 4.79 Å². The third-order valence-corrected chi connectivity index (χ3v) is 3.75. The van der Waals surface area contributed by atoms with E-state index < -0.39 is 0 Å². The molecule has 2 aromatic heterocycles. The average Bonchev–Trinajstić information content (AvgIpc) is 2.82. The van der Waals surface area contributed by atoms with Crippen molar-refractivity contribution in [3.63, 3.8) is 0 Å². The van der Waals surface area contributed by atoms with E-state index in [2.05, 4.69) is 20.2 Å². The number of hydrogen-bond acceptors (Lipinski definition) is 5. The molecular formula is C13H13N5OS. The summed E-state index contributed by atoms with van der Waals surface area (Å²) < 4.78 is 0. The molecule has 1 amide bonds. The second-order valence-electron chi connectivity index (χ2n) is 4.54. The molecule has 0 aliphatic carbocycles. The Kier molecular flexibility index (Phi) is 3.27. The molecule has 0 aliphatic heterocycles. The molecule has 0 fully saturated rings. The van der Waals surface area contributed by atoms with Crippen molar-refractivity contribution >= 4 is 39.7 Å². The number of para-hydroxylation sites is 1. The van der Waals surface area contributed by atoms with Gasteiger partial charge in [0.2, 0.25) is 11.1 Å². The van der Waals surface area contributed by atoms with E-state index >= 15 is 0 Å². The van der Waals surface area contributed by atoms with Crippen molar-refractivity contribution in [2.24, 2.45) is 0 Å². The Hall–Kier alpha value is -2.15. The van der Waals surface area contributed by atoms with Crippen LogP contribution in [0.15, 0.2) is 29.4 Å². The number of nitrogens with zero attached hydrogens (tertiary/aromatic N) is 4. The fourth-order valence-corrected chi connectivity index (χ4v) is 2.59. The van der Waals surface area contributed by atoms with Crippen molar-refractivity contribution in [2.45, 2.75) is 5.16 Å². The fourth-order valence-electron chi connectivity index (χ4n) is 1.82. The number of aromatic nitrogens is 4. The summed E-state index contributed by atoms with van der Waals surface area (Å²) in [5, 5.41) is 9.78. The summed E-state index contributed by atoms with van der Waals surface area (Å²) >= 11 is 1.29. The zero-order chi connectivity index (χ0) is 14.1. The molecule has 20 heavy (non-hydrogen) atoms. The summed E-state index contributed by atoms with van der Waals surface area (Å²) in [5.74, 6) is 0.329. The van der Waals surface area contributed by atoms with Crippen LogP contribution in [0.1, 0.15) is 0 Å². The molecule has 0 atom stereocenters. The summed E-state index contributed by atoms with van der Waals surface area (Å²) in [7, 11) is 3.45. The molecule has 1 aromatic carbocycles. The van der Waals surface area contributed by atoms with Crippen LogP contribution in [0, 0.1) is 0 Å². The number of benzene rings is 1. The smallest absolute Gasteiger partial charge is 0.232 e. The highest BCUT2D eigenvalue weighted by atomic mass is 32.2. The average molecular weight is 287 g/mol. The van der Waals surface area contributed by atoms with Crippen LogP contribution >= 0.6 is 11.8 Å². The van der Waals surface area contributed by atoms with E-state index in [1.165, 1.54) is 11.8 Å². The third kappa shape index (κ3) is 2.32. The summed E-state index contributed by atoms with van der Waals surface area (Å²) in [4.78, 5) is 20.7. The molecule has 102 valence electrons. The lowest BCUT2D eigenvalue weighted by Gasteiger charge is -2.08. The van der Waals surface area contributed by atoms with Gasteiger partial charge in [0.05, 0.1) is 5.75 Å². The Bertz CT molecular complexity index is 783. The Morgan fingerprint density at radius 3 is 2.90 bits per heavy atom. The number of aromatic amines is 1. The molecule has 0 spiro atoms. The van der Waals surface area contributed by atoms with Gasteiger partial charge in [-0.2, -0.15) is 0 Å². The van der Waals surface area contributed by atoms with E-state index in [0.29, 0.717) is 16.6 Å². The van der Waals surface area contributed by atoms with Gasteiger partial charge in [0.1, 0.15) is 5.52 Å². The van der Waals surface area contributed by atoms with Gasteiger partial charge >= 0.3 is 0 Å². The van der Waals surface area contributed by atoms with Crippen molar-refractivity contribution in [3.8, 4) is 0 Å². The van der Waals surface area contributed by atoms with Gasteiger partial charge in [-0.15, -0.1) is 10.2 Å². The second-order valence-corrected chi connectivity index (χ2v) is 5.48. The second kappa shape index (κ2) is 5.09. The Balaban J connectivity index is 1.91. The molecule has 0 radical (unpaired) electrons. The standard InChI is InChI=1S/C13H13N5OS/c1-18(2)10(19)7-20-13-15-12-11(16-17-13)8-5-3-4-6-9(8)14-12/h3-6H,7H2,1-2H3,(H,14,15,17). The zero-order valence-corrected chi connectivity index (χ0v) is 11.9. The predicted octanol–water partition coefficient (Wildman–Crippen LogP) is 1.69. The molecule has 0 saturated heterocycles. The van der Waals surface area contributed by atoms with Gasteiger partial charge in [0.25, 0.3) is 0 Å². The van der Waals surface area contributed by atoms with Gasteiger partial charge in [-0.05, 0) is 6.07 Å². The van der Waals surface area contributed by atoms with Crippen molar-refractivity contribution in [1.82, 2.24) is 25.1 Å². The molecule has 7 heteroatoms. The molecule has 6 nitrogen and oxygen atoms in total. The Labute approximate surface area is 119 Å². The highest BCUT2D eigenvalue weighted by Gasteiger charge is 2.11. The number of rotatable bonds is 3. The van der Waals surface area contributed by atoms with Gasteiger partial charge in [-0.1, -0.05) is 30.0 Å². The number of nitrogens with one attached hydrogen (secondary N) is 1. The minimum atomic E-state index is 0.0235. The van der Waals surface area contributed by atoms with Crippen LogP contribution in [0.25, 0.3) is 22.1 Å². The van der Waals surface area contributed by atoms with Crippen LogP contribution in [0.3, 0.4) is 0 Å². The van der Waals surface area contributed by atoms with E-state index in [-0.39, 0.29) is 5.91 Å². The minimum Gasteiger partial charge on any atom is -0.348 e. The van der Waals surface area contributed by atoms with Crippen LogP contribution < -0.4 is 0 Å². The summed E-state index contributed by atoms with van der Waals surface area (Å²) in [6.07, 6.45) is 0. The number of carbonyl (C=O) groups is 1. The largest absolute Gasteiger partial charge is 0.348 e. The van der Waals surface area contributed by atoms with Crippen LogP contribution in [0.5, 0.6) is 0 Å². The summed E-state index contributed by atoms with van der Waals surface area (Å²) in [6.45, 7) is 0. The highest BCUT2D eigenvalue weighted by molar-refractivity contribution is 7.99. The fraction of sp³-hybridized carbons (Fsp3) is 0.231. The van der Waals surface area contributed by atoms with Crippen LogP contribution in [0.4, 0.5) is 0 Å². The first-order valence-electron chi connectivity index (χ1n) is 6.09. The summed E-state index contributed by atoms with van der Waals surface area (Å²) in [6, 6.07) is 7.86. The Morgan fingerprint density at radius 1 is 1.30 bits per heavy atom. The van der Waals surface area contributed by atoms with Crippen molar-refractivity contribution < 1.29 is 4.79 Å². The van der Waals surface area contributed by atoms with Gasteiger partial charge < -0.3 is 9.88 Å². The first-order valence-corrected chi connectivity index (χ1v) is 7.08. The van der Waals surface area contributed by atoms with E-state index in [1.54, 1.807) is 19.0 Å².